The molecule has 2 aromatic heterocycles. The lowest BCUT2D eigenvalue weighted by molar-refractivity contribution is 0.444. The zero-order chi connectivity index (χ0) is 14.8. The van der Waals surface area contributed by atoms with Crippen molar-refractivity contribution in [3.05, 3.63) is 54.0 Å². The van der Waals surface area contributed by atoms with Crippen LogP contribution in [0.3, 0.4) is 0 Å². The molecule has 0 saturated carbocycles. The van der Waals surface area contributed by atoms with Crippen molar-refractivity contribution in [3.8, 4) is 0 Å². The summed E-state index contributed by atoms with van der Waals surface area (Å²) in [6.07, 6.45) is 2.85. The van der Waals surface area contributed by atoms with E-state index < -0.39 is 0 Å². The van der Waals surface area contributed by atoms with Gasteiger partial charge in [-0.05, 0) is 39.1 Å². The molecule has 1 N–H and O–H groups in total. The third-order valence-electron chi connectivity index (χ3n) is 3.74. The minimum atomic E-state index is 0.132. The second-order valence-corrected chi connectivity index (χ2v) is 5.61. The highest BCUT2D eigenvalue weighted by Gasteiger charge is 2.16. The number of fused-ring (bicyclic) bond motifs is 1. The van der Waals surface area contributed by atoms with Gasteiger partial charge in [0.1, 0.15) is 11.3 Å². The first-order valence-electron chi connectivity index (χ1n) is 7.37. The number of rotatable bonds is 5. The molecular formula is C17H21N3O. The van der Waals surface area contributed by atoms with Crippen molar-refractivity contribution in [1.82, 2.24) is 15.1 Å². The number of aromatic nitrogens is 2. The Kier molecular flexibility index (Phi) is 3.80. The molecule has 1 unspecified atom stereocenters. The van der Waals surface area contributed by atoms with Crippen molar-refractivity contribution in [2.24, 2.45) is 0 Å². The molecule has 0 amide bonds. The maximum absolute atomic E-state index is 5.95. The van der Waals surface area contributed by atoms with Crippen LogP contribution in [0.15, 0.2) is 47.0 Å². The van der Waals surface area contributed by atoms with Crippen LogP contribution in [0.1, 0.15) is 37.4 Å². The average molecular weight is 283 g/mol. The van der Waals surface area contributed by atoms with Crippen LogP contribution >= 0.6 is 0 Å². The summed E-state index contributed by atoms with van der Waals surface area (Å²) in [4.78, 5) is 0. The smallest absolute Gasteiger partial charge is 0.134 e. The van der Waals surface area contributed by atoms with Gasteiger partial charge in [0.2, 0.25) is 0 Å². The van der Waals surface area contributed by atoms with E-state index in [0.29, 0.717) is 6.04 Å². The Balaban J connectivity index is 1.83. The van der Waals surface area contributed by atoms with Crippen molar-refractivity contribution < 1.29 is 4.42 Å². The molecule has 3 rings (SSSR count). The Labute approximate surface area is 124 Å². The molecule has 1 atom stereocenters. The van der Waals surface area contributed by atoms with Crippen LogP contribution in [0, 0.1) is 0 Å². The number of furan rings is 1. The van der Waals surface area contributed by atoms with E-state index in [9.17, 15) is 0 Å². The van der Waals surface area contributed by atoms with Crippen LogP contribution in [0.25, 0.3) is 11.0 Å². The lowest BCUT2D eigenvalue weighted by Crippen LogP contribution is -2.18. The van der Waals surface area contributed by atoms with E-state index in [2.05, 4.69) is 42.5 Å². The molecule has 0 aliphatic carbocycles. The number of nitrogens with zero attached hydrogens (tertiary/aromatic N) is 2. The number of benzene rings is 1. The van der Waals surface area contributed by atoms with Gasteiger partial charge in [-0.25, -0.2) is 0 Å². The summed E-state index contributed by atoms with van der Waals surface area (Å²) in [7, 11) is 1.96. The van der Waals surface area contributed by atoms with Gasteiger partial charge in [0.25, 0.3) is 0 Å². The molecule has 0 bridgehead atoms. The predicted molar refractivity (Wildman–Crippen MR) is 84.3 cm³/mol. The monoisotopic (exact) mass is 283 g/mol. The first-order valence-corrected chi connectivity index (χ1v) is 7.37. The fourth-order valence-electron chi connectivity index (χ4n) is 2.50. The van der Waals surface area contributed by atoms with Crippen molar-refractivity contribution >= 4 is 11.0 Å². The first-order chi connectivity index (χ1) is 10.2. The molecule has 4 heteroatoms. The highest BCUT2D eigenvalue weighted by molar-refractivity contribution is 5.77. The summed E-state index contributed by atoms with van der Waals surface area (Å²) in [5.41, 5.74) is 2.00. The van der Waals surface area contributed by atoms with Crippen LogP contribution in [0.2, 0.25) is 0 Å². The number of hydrogen-bond donors (Lipinski definition) is 1. The zero-order valence-corrected chi connectivity index (χ0v) is 12.7. The molecule has 0 spiro atoms. The van der Waals surface area contributed by atoms with E-state index in [4.69, 9.17) is 4.42 Å². The summed E-state index contributed by atoms with van der Waals surface area (Å²) in [5, 5.41) is 9.07. The third-order valence-corrected chi connectivity index (χ3v) is 3.74. The largest absolute Gasteiger partial charge is 0.459 e. The van der Waals surface area contributed by atoms with Gasteiger partial charge in [0.05, 0.1) is 11.7 Å². The Morgan fingerprint density at radius 3 is 2.71 bits per heavy atom. The van der Waals surface area contributed by atoms with Gasteiger partial charge in [0, 0.05) is 24.0 Å². The van der Waals surface area contributed by atoms with E-state index in [1.807, 2.05) is 36.1 Å². The SMILES string of the molecule is CNC(Cc1ccn(C(C)C)n1)c1cc2ccccc2o1. The molecule has 3 aromatic rings. The molecule has 0 fully saturated rings. The molecule has 0 aliphatic rings. The van der Waals surface area contributed by atoms with E-state index in [-0.39, 0.29) is 6.04 Å². The summed E-state index contributed by atoms with van der Waals surface area (Å²) in [5.74, 6) is 0.956. The van der Waals surface area contributed by atoms with Crippen molar-refractivity contribution in [1.29, 1.82) is 0 Å². The van der Waals surface area contributed by atoms with Gasteiger partial charge in [-0.3, -0.25) is 4.68 Å². The summed E-state index contributed by atoms with van der Waals surface area (Å²) in [6, 6.07) is 12.8. The van der Waals surface area contributed by atoms with E-state index in [0.717, 1.165) is 28.8 Å². The maximum atomic E-state index is 5.95. The van der Waals surface area contributed by atoms with Crippen LogP contribution in [-0.4, -0.2) is 16.8 Å². The van der Waals surface area contributed by atoms with Gasteiger partial charge < -0.3 is 9.73 Å². The van der Waals surface area contributed by atoms with Gasteiger partial charge in [-0.1, -0.05) is 18.2 Å². The van der Waals surface area contributed by atoms with Crippen LogP contribution in [-0.2, 0) is 6.42 Å². The van der Waals surface area contributed by atoms with E-state index in [1.54, 1.807) is 0 Å². The van der Waals surface area contributed by atoms with Gasteiger partial charge >= 0.3 is 0 Å². The zero-order valence-electron chi connectivity index (χ0n) is 12.7. The minimum absolute atomic E-state index is 0.132. The number of hydrogen-bond acceptors (Lipinski definition) is 3. The molecule has 2 heterocycles. The van der Waals surface area contributed by atoms with Crippen LogP contribution < -0.4 is 5.32 Å². The fourth-order valence-corrected chi connectivity index (χ4v) is 2.50. The Bertz CT molecular complexity index is 693. The highest BCUT2D eigenvalue weighted by Crippen LogP contribution is 2.25. The second kappa shape index (κ2) is 5.74. The van der Waals surface area contributed by atoms with E-state index in [1.165, 1.54) is 0 Å². The van der Waals surface area contributed by atoms with Crippen molar-refractivity contribution in [2.75, 3.05) is 7.05 Å². The van der Waals surface area contributed by atoms with Gasteiger partial charge in [0.15, 0.2) is 0 Å². The third kappa shape index (κ3) is 2.85. The van der Waals surface area contributed by atoms with Gasteiger partial charge in [-0.15, -0.1) is 0 Å². The molecule has 21 heavy (non-hydrogen) atoms. The minimum Gasteiger partial charge on any atom is -0.459 e. The standard InChI is InChI=1S/C17H21N3O/c1-12(2)20-9-8-14(19-20)11-15(18-3)17-10-13-6-4-5-7-16(13)21-17/h4-10,12,15,18H,11H2,1-3H3. The summed E-state index contributed by atoms with van der Waals surface area (Å²) < 4.78 is 7.94. The molecule has 0 aliphatic heterocycles. The Hall–Kier alpha value is -2.07. The average Bonchev–Trinajstić information content (AvgIpc) is 3.11. The highest BCUT2D eigenvalue weighted by atomic mass is 16.3. The molecule has 110 valence electrons. The lowest BCUT2D eigenvalue weighted by atomic mass is 10.1. The molecular weight excluding hydrogens is 262 g/mol. The second-order valence-electron chi connectivity index (χ2n) is 5.61. The molecule has 1 aromatic carbocycles. The number of nitrogens with one attached hydrogen (secondary N) is 1. The number of para-hydroxylation sites is 1. The van der Waals surface area contributed by atoms with Crippen LogP contribution in [0.5, 0.6) is 0 Å². The van der Waals surface area contributed by atoms with Crippen LogP contribution in [0.4, 0.5) is 0 Å². The number of likely N-dealkylation sites (N-methyl/N-ethyl adjacent to an activating group) is 1. The quantitative estimate of drug-likeness (QED) is 0.776. The molecule has 0 saturated heterocycles. The topological polar surface area (TPSA) is 43.0 Å². The maximum Gasteiger partial charge on any atom is 0.134 e. The summed E-state index contributed by atoms with van der Waals surface area (Å²) >= 11 is 0. The van der Waals surface area contributed by atoms with E-state index >= 15 is 0 Å². The Morgan fingerprint density at radius 1 is 1.24 bits per heavy atom. The first kappa shape index (κ1) is 13.9. The molecule has 4 nitrogen and oxygen atoms in total. The lowest BCUT2D eigenvalue weighted by Gasteiger charge is -2.12. The summed E-state index contributed by atoms with van der Waals surface area (Å²) in [6.45, 7) is 4.26. The predicted octanol–water partition coefficient (Wildman–Crippen LogP) is 3.71. The normalized spacial score (nSPS) is 13.1. The Morgan fingerprint density at radius 2 is 2.05 bits per heavy atom. The van der Waals surface area contributed by atoms with Crippen molar-refractivity contribution in [2.45, 2.75) is 32.4 Å². The van der Waals surface area contributed by atoms with Crippen molar-refractivity contribution in [3.63, 3.8) is 0 Å². The fraction of sp³-hybridized carbons (Fsp3) is 0.353. The van der Waals surface area contributed by atoms with Gasteiger partial charge in [-0.2, -0.15) is 5.10 Å². The molecule has 0 radical (unpaired) electrons.